The van der Waals surface area contributed by atoms with E-state index < -0.39 is 0 Å². The summed E-state index contributed by atoms with van der Waals surface area (Å²) < 4.78 is 2.14. The van der Waals surface area contributed by atoms with Crippen molar-refractivity contribution in [3.05, 3.63) is 72.2 Å². The van der Waals surface area contributed by atoms with Crippen molar-refractivity contribution in [2.45, 2.75) is 0 Å². The molecule has 1 aromatic carbocycles. The molecule has 0 N–H and O–H groups in total. The Kier molecular flexibility index (Phi) is 3.07. The zero-order valence-electron chi connectivity index (χ0n) is 10.8. The van der Waals surface area contributed by atoms with Gasteiger partial charge in [0.05, 0.1) is 5.39 Å². The molecule has 0 aliphatic heterocycles. The minimum Gasteiger partial charge on any atom is -0.265 e. The predicted molar refractivity (Wildman–Crippen MR) is 78.3 cm³/mol. The Balaban J connectivity index is 2.07. The smallest absolute Gasteiger partial charge is 0.212 e. The second-order valence-electron chi connectivity index (χ2n) is 4.51. The zero-order valence-corrected chi connectivity index (χ0v) is 10.8. The Bertz CT molecular complexity index is 731. The van der Waals surface area contributed by atoms with Gasteiger partial charge in [-0.15, -0.1) is 0 Å². The molecule has 3 aromatic rings. The van der Waals surface area contributed by atoms with Crippen LogP contribution in [0.1, 0.15) is 11.1 Å². The van der Waals surface area contributed by atoms with Gasteiger partial charge in [-0.2, -0.15) is 0 Å². The minimum atomic E-state index is 1.16. The van der Waals surface area contributed by atoms with Crippen LogP contribution >= 0.6 is 0 Å². The molecular formula is C17H15N2+. The van der Waals surface area contributed by atoms with Crippen LogP contribution in [0.15, 0.2) is 61.1 Å². The maximum absolute atomic E-state index is 4.02. The van der Waals surface area contributed by atoms with Crippen LogP contribution in [0.4, 0.5) is 0 Å². The summed E-state index contributed by atoms with van der Waals surface area (Å²) >= 11 is 0. The topological polar surface area (TPSA) is 16.8 Å². The second-order valence-corrected chi connectivity index (χ2v) is 4.51. The van der Waals surface area contributed by atoms with Crippen LogP contribution < -0.4 is 4.57 Å². The van der Waals surface area contributed by atoms with E-state index in [4.69, 9.17) is 0 Å². The van der Waals surface area contributed by atoms with Gasteiger partial charge in [-0.1, -0.05) is 24.3 Å². The summed E-state index contributed by atoms with van der Waals surface area (Å²) in [7, 11) is 2.07. The SMILES string of the molecule is C[n+]1ccc(C=Cc2ccncc2)c2ccccc21. The molecule has 2 heteroatoms. The van der Waals surface area contributed by atoms with E-state index in [2.05, 4.69) is 65.3 Å². The summed E-state index contributed by atoms with van der Waals surface area (Å²) in [6.45, 7) is 0. The molecule has 0 radical (unpaired) electrons. The number of nitrogens with zero attached hydrogens (tertiary/aromatic N) is 2. The highest BCUT2D eigenvalue weighted by Gasteiger charge is 2.06. The second kappa shape index (κ2) is 5.02. The number of aryl methyl sites for hydroxylation is 1. The number of rotatable bonds is 2. The molecule has 0 amide bonds. The lowest BCUT2D eigenvalue weighted by atomic mass is 10.1. The quantitative estimate of drug-likeness (QED) is 0.635. The van der Waals surface area contributed by atoms with Gasteiger partial charge >= 0.3 is 0 Å². The predicted octanol–water partition coefficient (Wildman–Crippen LogP) is 3.23. The molecule has 0 fully saturated rings. The van der Waals surface area contributed by atoms with E-state index in [0.717, 1.165) is 5.56 Å². The first-order valence-electron chi connectivity index (χ1n) is 6.30. The van der Waals surface area contributed by atoms with Crippen molar-refractivity contribution >= 4 is 23.1 Å². The third-order valence-corrected chi connectivity index (χ3v) is 3.23. The van der Waals surface area contributed by atoms with Gasteiger partial charge in [-0.3, -0.25) is 4.98 Å². The molecule has 19 heavy (non-hydrogen) atoms. The molecule has 0 saturated heterocycles. The maximum atomic E-state index is 4.02. The molecule has 0 spiro atoms. The van der Waals surface area contributed by atoms with Crippen LogP contribution in [0.3, 0.4) is 0 Å². The zero-order chi connectivity index (χ0) is 13.1. The van der Waals surface area contributed by atoms with Crippen molar-refractivity contribution < 1.29 is 4.57 Å². The molecule has 2 aromatic heterocycles. The van der Waals surface area contributed by atoms with E-state index in [1.165, 1.54) is 16.5 Å². The summed E-state index contributed by atoms with van der Waals surface area (Å²) in [5.41, 5.74) is 3.62. The fraction of sp³-hybridized carbons (Fsp3) is 0.0588. The van der Waals surface area contributed by atoms with Crippen LogP contribution in [0.5, 0.6) is 0 Å². The van der Waals surface area contributed by atoms with Crippen LogP contribution in [0, 0.1) is 0 Å². The molecule has 0 aliphatic carbocycles. The van der Waals surface area contributed by atoms with Gasteiger partial charge in [0.15, 0.2) is 6.20 Å². The normalized spacial score (nSPS) is 11.2. The molecule has 2 heterocycles. The number of para-hydroxylation sites is 1. The van der Waals surface area contributed by atoms with Crippen molar-refractivity contribution in [3.8, 4) is 0 Å². The number of hydrogen-bond acceptors (Lipinski definition) is 1. The highest BCUT2D eigenvalue weighted by atomic mass is 14.9. The van der Waals surface area contributed by atoms with Crippen LogP contribution in [-0.4, -0.2) is 4.98 Å². The molecule has 0 bridgehead atoms. The maximum Gasteiger partial charge on any atom is 0.212 e. The van der Waals surface area contributed by atoms with E-state index in [1.807, 2.05) is 24.5 Å². The van der Waals surface area contributed by atoms with Crippen LogP contribution in [0.2, 0.25) is 0 Å². The number of benzene rings is 1. The molecule has 2 nitrogen and oxygen atoms in total. The van der Waals surface area contributed by atoms with E-state index in [0.29, 0.717) is 0 Å². The lowest BCUT2D eigenvalue weighted by Crippen LogP contribution is -2.28. The van der Waals surface area contributed by atoms with Gasteiger partial charge in [0.2, 0.25) is 5.52 Å². The third kappa shape index (κ3) is 2.38. The average Bonchev–Trinajstić information content (AvgIpc) is 2.48. The summed E-state index contributed by atoms with van der Waals surface area (Å²) in [6, 6.07) is 14.6. The lowest BCUT2D eigenvalue weighted by Gasteiger charge is -2.00. The largest absolute Gasteiger partial charge is 0.265 e. The Hall–Kier alpha value is -2.48. The number of aromatic nitrogens is 2. The van der Waals surface area contributed by atoms with Crippen molar-refractivity contribution in [2.75, 3.05) is 0 Å². The summed E-state index contributed by atoms with van der Waals surface area (Å²) in [4.78, 5) is 4.02. The van der Waals surface area contributed by atoms with Crippen LogP contribution in [-0.2, 0) is 7.05 Å². The van der Waals surface area contributed by atoms with Gasteiger partial charge < -0.3 is 0 Å². The minimum absolute atomic E-state index is 1.16. The van der Waals surface area contributed by atoms with E-state index in [1.54, 1.807) is 0 Å². The highest BCUT2D eigenvalue weighted by molar-refractivity contribution is 5.88. The molecule has 0 atom stereocenters. The standard InChI is InChI=1S/C17H15N2/c1-19-13-10-15(16-4-2-3-5-17(16)19)7-6-14-8-11-18-12-9-14/h2-13H,1H3/q+1. The number of hydrogen-bond donors (Lipinski definition) is 0. The number of fused-ring (bicyclic) bond motifs is 1. The average molecular weight is 247 g/mol. The van der Waals surface area contributed by atoms with Gasteiger partial charge in [0, 0.05) is 24.5 Å². The van der Waals surface area contributed by atoms with Crippen LogP contribution in [0.25, 0.3) is 23.1 Å². The van der Waals surface area contributed by atoms with Gasteiger partial charge in [-0.05, 0) is 29.3 Å². The Morgan fingerprint density at radius 3 is 2.58 bits per heavy atom. The van der Waals surface area contributed by atoms with E-state index in [9.17, 15) is 0 Å². The summed E-state index contributed by atoms with van der Waals surface area (Å²) in [5, 5.41) is 1.26. The Morgan fingerprint density at radius 2 is 1.74 bits per heavy atom. The van der Waals surface area contributed by atoms with E-state index >= 15 is 0 Å². The first-order valence-corrected chi connectivity index (χ1v) is 6.30. The molecule has 92 valence electrons. The van der Waals surface area contributed by atoms with Crippen molar-refractivity contribution in [3.63, 3.8) is 0 Å². The molecule has 0 unspecified atom stereocenters. The van der Waals surface area contributed by atoms with Gasteiger partial charge in [0.25, 0.3) is 0 Å². The Labute approximate surface area is 112 Å². The first-order chi connectivity index (χ1) is 9.34. The lowest BCUT2D eigenvalue weighted by molar-refractivity contribution is -0.644. The molecule has 0 aliphatic rings. The van der Waals surface area contributed by atoms with Crippen molar-refractivity contribution in [1.82, 2.24) is 4.98 Å². The van der Waals surface area contributed by atoms with E-state index in [-0.39, 0.29) is 0 Å². The first kappa shape index (κ1) is 11.6. The number of pyridine rings is 2. The Morgan fingerprint density at radius 1 is 0.947 bits per heavy atom. The van der Waals surface area contributed by atoms with Gasteiger partial charge in [-0.25, -0.2) is 4.57 Å². The third-order valence-electron chi connectivity index (χ3n) is 3.23. The molecule has 3 rings (SSSR count). The summed E-state index contributed by atoms with van der Waals surface area (Å²) in [5.74, 6) is 0. The van der Waals surface area contributed by atoms with Crippen molar-refractivity contribution in [2.24, 2.45) is 7.05 Å². The summed E-state index contributed by atoms with van der Waals surface area (Å²) in [6.07, 6.45) is 9.97. The monoisotopic (exact) mass is 247 g/mol. The molecule has 0 saturated carbocycles. The fourth-order valence-corrected chi connectivity index (χ4v) is 2.19. The van der Waals surface area contributed by atoms with Gasteiger partial charge in [0.1, 0.15) is 7.05 Å². The fourth-order valence-electron chi connectivity index (χ4n) is 2.19. The molecular weight excluding hydrogens is 232 g/mol. The highest BCUT2D eigenvalue weighted by Crippen LogP contribution is 2.17. The van der Waals surface area contributed by atoms with Crippen molar-refractivity contribution in [1.29, 1.82) is 0 Å².